The first-order valence-corrected chi connectivity index (χ1v) is 5.31. The summed E-state index contributed by atoms with van der Waals surface area (Å²) in [5.74, 6) is -0.171. The van der Waals surface area contributed by atoms with E-state index in [9.17, 15) is 4.79 Å². The summed E-state index contributed by atoms with van der Waals surface area (Å²) in [6, 6.07) is 0.0866. The maximum absolute atomic E-state index is 11.8. The predicted molar refractivity (Wildman–Crippen MR) is 58.0 cm³/mol. The Kier molecular flexibility index (Phi) is 5.68. The Morgan fingerprint density at radius 3 is 2.69 bits per heavy atom. The van der Waals surface area contributed by atoms with Crippen molar-refractivity contribution < 1.29 is 19.0 Å². The Morgan fingerprint density at radius 1 is 1.44 bits per heavy atom. The third kappa shape index (κ3) is 3.41. The second-order valence-electron chi connectivity index (χ2n) is 3.69. The first-order valence-electron chi connectivity index (χ1n) is 5.31. The number of likely N-dealkylation sites (N-methyl/N-ethyl adjacent to an activating group) is 1. The highest BCUT2D eigenvalue weighted by atomic mass is 16.7. The molecule has 0 aromatic rings. The zero-order valence-electron chi connectivity index (χ0n) is 9.99. The van der Waals surface area contributed by atoms with E-state index >= 15 is 0 Å². The van der Waals surface area contributed by atoms with Crippen molar-refractivity contribution in [3.8, 4) is 0 Å². The zero-order chi connectivity index (χ0) is 12.0. The van der Waals surface area contributed by atoms with Crippen LogP contribution < -0.4 is 10.6 Å². The van der Waals surface area contributed by atoms with Crippen LogP contribution in [-0.4, -0.2) is 59.3 Å². The monoisotopic (exact) mass is 232 g/mol. The van der Waals surface area contributed by atoms with E-state index < -0.39 is 6.29 Å². The van der Waals surface area contributed by atoms with Crippen molar-refractivity contribution in [2.75, 3.05) is 41.0 Å². The van der Waals surface area contributed by atoms with Crippen LogP contribution in [0.4, 0.5) is 0 Å². The van der Waals surface area contributed by atoms with Crippen molar-refractivity contribution in [1.29, 1.82) is 0 Å². The van der Waals surface area contributed by atoms with E-state index in [-0.39, 0.29) is 17.9 Å². The summed E-state index contributed by atoms with van der Waals surface area (Å²) in [4.78, 5) is 11.8. The summed E-state index contributed by atoms with van der Waals surface area (Å²) in [5, 5.41) is 5.84. The van der Waals surface area contributed by atoms with Crippen molar-refractivity contribution in [2.45, 2.75) is 12.3 Å². The molecule has 0 spiro atoms. The third-order valence-corrected chi connectivity index (χ3v) is 2.76. The molecule has 2 N–H and O–H groups in total. The first-order chi connectivity index (χ1) is 7.72. The molecule has 1 aliphatic heterocycles. The van der Waals surface area contributed by atoms with E-state index in [0.717, 1.165) is 0 Å². The number of amides is 1. The summed E-state index contributed by atoms with van der Waals surface area (Å²) in [6.45, 7) is 1.38. The molecule has 6 nitrogen and oxygen atoms in total. The molecule has 6 heteroatoms. The average Bonchev–Trinajstić information content (AvgIpc) is 2.78. The Bertz CT molecular complexity index is 221. The minimum absolute atomic E-state index is 0.0315. The van der Waals surface area contributed by atoms with Crippen molar-refractivity contribution in [3.63, 3.8) is 0 Å². The zero-order valence-corrected chi connectivity index (χ0v) is 9.99. The molecule has 0 saturated carbocycles. The van der Waals surface area contributed by atoms with Gasteiger partial charge in [-0.2, -0.15) is 0 Å². The lowest BCUT2D eigenvalue weighted by Crippen LogP contribution is -2.45. The molecule has 16 heavy (non-hydrogen) atoms. The molecule has 2 atom stereocenters. The molecule has 0 aromatic heterocycles. The molecule has 0 aromatic carbocycles. The van der Waals surface area contributed by atoms with Gasteiger partial charge < -0.3 is 24.8 Å². The summed E-state index contributed by atoms with van der Waals surface area (Å²) < 4.78 is 15.2. The van der Waals surface area contributed by atoms with Crippen LogP contribution >= 0.6 is 0 Å². The maximum atomic E-state index is 11.8. The van der Waals surface area contributed by atoms with Gasteiger partial charge in [0.05, 0.1) is 25.7 Å². The van der Waals surface area contributed by atoms with Gasteiger partial charge in [-0.25, -0.2) is 0 Å². The van der Waals surface area contributed by atoms with Gasteiger partial charge in [-0.15, -0.1) is 0 Å². The lowest BCUT2D eigenvalue weighted by atomic mass is 10.0. The van der Waals surface area contributed by atoms with Crippen molar-refractivity contribution in [2.24, 2.45) is 5.92 Å². The second-order valence-corrected chi connectivity index (χ2v) is 3.69. The maximum Gasteiger partial charge on any atom is 0.227 e. The van der Waals surface area contributed by atoms with Crippen LogP contribution in [-0.2, 0) is 19.0 Å². The van der Waals surface area contributed by atoms with Gasteiger partial charge in [-0.1, -0.05) is 0 Å². The van der Waals surface area contributed by atoms with Gasteiger partial charge in [0.25, 0.3) is 0 Å². The van der Waals surface area contributed by atoms with Crippen LogP contribution in [0.1, 0.15) is 0 Å². The number of ether oxygens (including phenoxy) is 3. The molecule has 1 amide bonds. The van der Waals surface area contributed by atoms with Crippen LogP contribution in [0.5, 0.6) is 0 Å². The quantitative estimate of drug-likeness (QED) is 0.572. The van der Waals surface area contributed by atoms with Gasteiger partial charge in [-0.05, 0) is 7.05 Å². The SMILES string of the molecule is CNC1COCC1C(=O)NCC(OC)OC. The van der Waals surface area contributed by atoms with Crippen LogP contribution in [0, 0.1) is 5.92 Å². The van der Waals surface area contributed by atoms with E-state index in [4.69, 9.17) is 14.2 Å². The number of methoxy groups -OCH3 is 2. The van der Waals surface area contributed by atoms with Crippen LogP contribution in [0.3, 0.4) is 0 Å². The lowest BCUT2D eigenvalue weighted by Gasteiger charge is -2.18. The van der Waals surface area contributed by atoms with Gasteiger partial charge in [0.1, 0.15) is 0 Å². The third-order valence-electron chi connectivity index (χ3n) is 2.76. The molecular weight excluding hydrogens is 212 g/mol. The van der Waals surface area contributed by atoms with E-state index in [2.05, 4.69) is 10.6 Å². The molecule has 1 fully saturated rings. The van der Waals surface area contributed by atoms with Crippen LogP contribution in [0.25, 0.3) is 0 Å². The smallest absolute Gasteiger partial charge is 0.227 e. The summed E-state index contributed by atoms with van der Waals surface area (Å²) >= 11 is 0. The minimum Gasteiger partial charge on any atom is -0.379 e. The molecular formula is C10H20N2O4. The van der Waals surface area contributed by atoms with Crippen LogP contribution in [0.2, 0.25) is 0 Å². The standard InChI is InChI=1S/C10H20N2O4/c1-11-8-6-16-5-7(8)10(13)12-4-9(14-2)15-3/h7-9,11H,4-6H2,1-3H3,(H,12,13). The number of hydrogen-bond donors (Lipinski definition) is 2. The normalized spacial score (nSPS) is 25.0. The first kappa shape index (κ1) is 13.4. The largest absolute Gasteiger partial charge is 0.379 e. The van der Waals surface area contributed by atoms with E-state index in [1.807, 2.05) is 7.05 Å². The van der Waals surface area contributed by atoms with Gasteiger partial charge in [0.2, 0.25) is 5.91 Å². The predicted octanol–water partition coefficient (Wildman–Crippen LogP) is -1.04. The number of rotatable bonds is 6. The van der Waals surface area contributed by atoms with Gasteiger partial charge >= 0.3 is 0 Å². The lowest BCUT2D eigenvalue weighted by molar-refractivity contribution is -0.131. The minimum atomic E-state index is -0.403. The van der Waals surface area contributed by atoms with E-state index in [1.54, 1.807) is 0 Å². The van der Waals surface area contributed by atoms with Crippen molar-refractivity contribution >= 4 is 5.91 Å². The number of nitrogens with one attached hydrogen (secondary N) is 2. The Labute approximate surface area is 95.6 Å². The van der Waals surface area contributed by atoms with E-state index in [1.165, 1.54) is 14.2 Å². The summed E-state index contributed by atoms with van der Waals surface area (Å²) in [5.41, 5.74) is 0. The van der Waals surface area contributed by atoms with Crippen molar-refractivity contribution in [1.82, 2.24) is 10.6 Å². The number of carbonyl (C=O) groups excluding carboxylic acids is 1. The topological polar surface area (TPSA) is 68.8 Å². The average molecular weight is 232 g/mol. The fourth-order valence-corrected chi connectivity index (χ4v) is 1.68. The molecule has 0 aliphatic carbocycles. The van der Waals surface area contributed by atoms with Crippen LogP contribution in [0.15, 0.2) is 0 Å². The Balaban J connectivity index is 2.34. The molecule has 2 unspecified atom stereocenters. The molecule has 0 bridgehead atoms. The van der Waals surface area contributed by atoms with Crippen molar-refractivity contribution in [3.05, 3.63) is 0 Å². The highest BCUT2D eigenvalue weighted by Gasteiger charge is 2.32. The molecule has 1 aliphatic rings. The number of hydrogen-bond acceptors (Lipinski definition) is 5. The van der Waals surface area contributed by atoms with E-state index in [0.29, 0.717) is 19.8 Å². The second kappa shape index (κ2) is 6.80. The molecule has 1 heterocycles. The van der Waals surface area contributed by atoms with Gasteiger partial charge in [0, 0.05) is 20.3 Å². The molecule has 1 saturated heterocycles. The molecule has 1 rings (SSSR count). The van der Waals surface area contributed by atoms with Gasteiger partial charge in [-0.3, -0.25) is 4.79 Å². The molecule has 94 valence electrons. The summed E-state index contributed by atoms with van der Waals surface area (Å²) in [7, 11) is 4.90. The molecule has 0 radical (unpaired) electrons. The summed E-state index contributed by atoms with van der Waals surface area (Å²) in [6.07, 6.45) is -0.403. The fraction of sp³-hybridized carbons (Fsp3) is 0.900. The Hall–Kier alpha value is -0.690. The fourth-order valence-electron chi connectivity index (χ4n) is 1.68. The number of carbonyl (C=O) groups is 1. The van der Waals surface area contributed by atoms with Gasteiger partial charge in [0.15, 0.2) is 6.29 Å². The highest BCUT2D eigenvalue weighted by Crippen LogP contribution is 2.13. The Morgan fingerprint density at radius 2 is 2.12 bits per heavy atom. The highest BCUT2D eigenvalue weighted by molar-refractivity contribution is 5.79.